The van der Waals surface area contributed by atoms with Crippen molar-refractivity contribution in [2.45, 2.75) is 25.9 Å². The molecule has 0 spiro atoms. The van der Waals surface area contributed by atoms with Gasteiger partial charge >= 0.3 is 0 Å². The Kier molecular flexibility index (Phi) is 6.31. The molecule has 0 radical (unpaired) electrons. The van der Waals surface area contributed by atoms with E-state index < -0.39 is 6.10 Å². The predicted octanol–water partition coefficient (Wildman–Crippen LogP) is 4.16. The summed E-state index contributed by atoms with van der Waals surface area (Å²) in [7, 11) is 1.60. The van der Waals surface area contributed by atoms with Crippen LogP contribution in [0.2, 0.25) is 0 Å². The van der Waals surface area contributed by atoms with E-state index in [4.69, 9.17) is 9.47 Å². The van der Waals surface area contributed by atoms with Crippen molar-refractivity contribution < 1.29 is 14.3 Å². The predicted molar refractivity (Wildman–Crippen MR) is 121 cm³/mol. The monoisotopic (exact) mass is 418 g/mol. The normalized spacial score (nSPS) is 14.2. The molecule has 31 heavy (non-hydrogen) atoms. The van der Waals surface area contributed by atoms with Crippen LogP contribution in [-0.4, -0.2) is 42.4 Å². The number of carbonyl (C=O) groups excluding carboxylic acids is 1. The van der Waals surface area contributed by atoms with Gasteiger partial charge in [-0.15, -0.1) is 10.2 Å². The number of ether oxygens (including phenoxy) is 2. The Hall–Kier alpha value is -3.61. The number of nitrogens with one attached hydrogen (secondary N) is 1. The first kappa shape index (κ1) is 20.7. The van der Waals surface area contributed by atoms with Gasteiger partial charge in [0, 0.05) is 24.3 Å². The summed E-state index contributed by atoms with van der Waals surface area (Å²) in [5, 5.41) is 11.7. The molecule has 1 amide bonds. The van der Waals surface area contributed by atoms with E-state index in [0.29, 0.717) is 11.4 Å². The molecule has 0 saturated carbocycles. The molecule has 1 aromatic heterocycles. The number of benzene rings is 2. The lowest BCUT2D eigenvalue weighted by molar-refractivity contribution is -0.122. The van der Waals surface area contributed by atoms with Crippen LogP contribution in [0.5, 0.6) is 11.5 Å². The van der Waals surface area contributed by atoms with Gasteiger partial charge in [-0.25, -0.2) is 0 Å². The van der Waals surface area contributed by atoms with Crippen molar-refractivity contribution in [2.24, 2.45) is 0 Å². The number of nitrogens with zero attached hydrogens (tertiary/aromatic N) is 3. The van der Waals surface area contributed by atoms with Crippen LogP contribution in [0, 0.1) is 0 Å². The van der Waals surface area contributed by atoms with Crippen LogP contribution >= 0.6 is 0 Å². The first-order valence-electron chi connectivity index (χ1n) is 10.4. The second kappa shape index (κ2) is 9.47. The molecule has 2 aromatic carbocycles. The number of hydrogen-bond acceptors (Lipinski definition) is 6. The molecule has 1 atom stereocenters. The molecule has 7 nitrogen and oxygen atoms in total. The summed E-state index contributed by atoms with van der Waals surface area (Å²) in [5.41, 5.74) is 2.33. The standard InChI is InChI=1S/C24H26N4O3/c1-17(31-21-10-8-20(30-2)9-11-21)24(29)25-19-7-5-6-18(16-19)22-12-13-23(27-26-22)28-14-3-4-15-28/h5-13,16-17H,3-4,14-15H2,1-2H3,(H,25,29). The zero-order chi connectivity index (χ0) is 21.6. The van der Waals surface area contributed by atoms with E-state index in [1.165, 1.54) is 12.8 Å². The lowest BCUT2D eigenvalue weighted by atomic mass is 10.1. The first-order valence-corrected chi connectivity index (χ1v) is 10.4. The molecule has 1 unspecified atom stereocenters. The molecule has 2 heterocycles. The summed E-state index contributed by atoms with van der Waals surface area (Å²) in [5.74, 6) is 2.02. The molecular formula is C24H26N4O3. The minimum absolute atomic E-state index is 0.233. The summed E-state index contributed by atoms with van der Waals surface area (Å²) < 4.78 is 10.9. The lowest BCUT2D eigenvalue weighted by Crippen LogP contribution is -2.30. The second-order valence-electron chi connectivity index (χ2n) is 7.48. The maximum absolute atomic E-state index is 12.6. The van der Waals surface area contributed by atoms with Crippen LogP contribution in [0.1, 0.15) is 19.8 Å². The summed E-state index contributed by atoms with van der Waals surface area (Å²) in [6.45, 7) is 3.78. The highest BCUT2D eigenvalue weighted by molar-refractivity contribution is 5.94. The van der Waals surface area contributed by atoms with Crippen LogP contribution in [0.25, 0.3) is 11.3 Å². The average molecular weight is 418 g/mol. The van der Waals surface area contributed by atoms with Crippen molar-refractivity contribution in [1.29, 1.82) is 0 Å². The minimum atomic E-state index is -0.656. The summed E-state index contributed by atoms with van der Waals surface area (Å²) in [6.07, 6.45) is 1.74. The number of carbonyl (C=O) groups is 1. The fraction of sp³-hybridized carbons (Fsp3) is 0.292. The van der Waals surface area contributed by atoms with Gasteiger partial charge in [-0.2, -0.15) is 0 Å². The average Bonchev–Trinajstić information content (AvgIpc) is 3.35. The van der Waals surface area contributed by atoms with Gasteiger partial charge in [-0.3, -0.25) is 4.79 Å². The quantitative estimate of drug-likeness (QED) is 0.621. The highest BCUT2D eigenvalue weighted by atomic mass is 16.5. The largest absolute Gasteiger partial charge is 0.497 e. The number of methoxy groups -OCH3 is 1. The van der Waals surface area contributed by atoms with E-state index in [1.807, 2.05) is 36.4 Å². The molecule has 7 heteroatoms. The summed E-state index contributed by atoms with van der Waals surface area (Å²) >= 11 is 0. The van der Waals surface area contributed by atoms with Gasteiger partial charge in [0.15, 0.2) is 11.9 Å². The Balaban J connectivity index is 1.39. The van der Waals surface area contributed by atoms with E-state index in [2.05, 4.69) is 20.4 Å². The molecule has 1 aliphatic rings. The summed E-state index contributed by atoms with van der Waals surface area (Å²) in [6, 6.07) is 18.7. The van der Waals surface area contributed by atoms with Gasteiger partial charge in [-0.1, -0.05) is 12.1 Å². The second-order valence-corrected chi connectivity index (χ2v) is 7.48. The van der Waals surface area contributed by atoms with Crippen LogP contribution in [0.15, 0.2) is 60.7 Å². The molecule has 1 saturated heterocycles. The van der Waals surface area contributed by atoms with Gasteiger partial charge in [-0.05, 0) is 68.3 Å². The maximum Gasteiger partial charge on any atom is 0.265 e. The van der Waals surface area contributed by atoms with E-state index in [9.17, 15) is 4.79 Å². The van der Waals surface area contributed by atoms with Crippen molar-refractivity contribution in [2.75, 3.05) is 30.4 Å². The SMILES string of the molecule is COc1ccc(OC(C)C(=O)Nc2cccc(-c3ccc(N4CCCC4)nn3)c2)cc1. The van der Waals surface area contributed by atoms with Crippen LogP contribution < -0.4 is 19.7 Å². The number of anilines is 2. The van der Waals surface area contributed by atoms with Gasteiger partial charge < -0.3 is 19.7 Å². The molecule has 1 aliphatic heterocycles. The zero-order valence-corrected chi connectivity index (χ0v) is 17.7. The van der Waals surface area contributed by atoms with Crippen LogP contribution in [0.3, 0.4) is 0 Å². The molecule has 1 fully saturated rings. The molecular weight excluding hydrogens is 392 g/mol. The Morgan fingerprint density at radius 2 is 1.74 bits per heavy atom. The van der Waals surface area contributed by atoms with Crippen LogP contribution in [-0.2, 0) is 4.79 Å². The van der Waals surface area contributed by atoms with E-state index in [1.54, 1.807) is 38.3 Å². The number of rotatable bonds is 7. The van der Waals surface area contributed by atoms with Crippen LogP contribution in [0.4, 0.5) is 11.5 Å². The van der Waals surface area contributed by atoms with Gasteiger partial charge in [0.25, 0.3) is 5.91 Å². The third-order valence-corrected chi connectivity index (χ3v) is 5.25. The Bertz CT molecular complexity index is 1020. The molecule has 160 valence electrons. The smallest absolute Gasteiger partial charge is 0.265 e. The molecule has 4 rings (SSSR count). The fourth-order valence-corrected chi connectivity index (χ4v) is 3.51. The maximum atomic E-state index is 12.6. The highest BCUT2D eigenvalue weighted by Gasteiger charge is 2.16. The van der Waals surface area contributed by atoms with Crippen molar-refractivity contribution in [3.63, 3.8) is 0 Å². The molecule has 3 aromatic rings. The van der Waals surface area contributed by atoms with E-state index in [-0.39, 0.29) is 5.91 Å². The van der Waals surface area contributed by atoms with E-state index >= 15 is 0 Å². The van der Waals surface area contributed by atoms with Gasteiger partial charge in [0.05, 0.1) is 12.8 Å². The number of aromatic nitrogens is 2. The Labute approximate surface area is 182 Å². The fourth-order valence-electron chi connectivity index (χ4n) is 3.51. The van der Waals surface area contributed by atoms with Crippen molar-refractivity contribution in [3.8, 4) is 22.8 Å². The van der Waals surface area contributed by atoms with Gasteiger partial charge in [0.2, 0.25) is 0 Å². The third-order valence-electron chi connectivity index (χ3n) is 5.25. The molecule has 0 bridgehead atoms. The molecule has 1 N–H and O–H groups in total. The Morgan fingerprint density at radius 3 is 2.42 bits per heavy atom. The van der Waals surface area contributed by atoms with Crippen molar-refractivity contribution >= 4 is 17.4 Å². The van der Waals surface area contributed by atoms with E-state index in [0.717, 1.165) is 35.9 Å². The highest BCUT2D eigenvalue weighted by Crippen LogP contribution is 2.24. The zero-order valence-electron chi connectivity index (χ0n) is 17.7. The number of amides is 1. The third kappa shape index (κ3) is 5.12. The molecule has 0 aliphatic carbocycles. The summed E-state index contributed by atoms with van der Waals surface area (Å²) in [4.78, 5) is 14.8. The number of hydrogen-bond donors (Lipinski definition) is 1. The van der Waals surface area contributed by atoms with Gasteiger partial charge in [0.1, 0.15) is 11.5 Å². The Morgan fingerprint density at radius 1 is 1.00 bits per heavy atom. The topological polar surface area (TPSA) is 76.6 Å². The lowest BCUT2D eigenvalue weighted by Gasteiger charge is -2.16. The first-order chi connectivity index (χ1) is 15.1. The van der Waals surface area contributed by atoms with Crippen molar-refractivity contribution in [3.05, 3.63) is 60.7 Å². The van der Waals surface area contributed by atoms with Crippen molar-refractivity contribution in [1.82, 2.24) is 10.2 Å². The minimum Gasteiger partial charge on any atom is -0.497 e.